The Labute approximate surface area is 334 Å². The molecule has 310 valence electrons. The Bertz CT molecular complexity index is 2490. The largest absolute Gasteiger partial charge is 0.491 e. The molecule has 2 aromatic carbocycles. The minimum Gasteiger partial charge on any atom is -0.491 e. The lowest BCUT2D eigenvalue weighted by molar-refractivity contribution is 0.0274. The fraction of sp³-hybridized carbons (Fsp3) is 0.333. The molecule has 0 bridgehead atoms. The van der Waals surface area contributed by atoms with Gasteiger partial charge in [-0.15, -0.1) is 0 Å². The first-order valence-electron chi connectivity index (χ1n) is 17.6. The Hall–Kier alpha value is -6.87. The van der Waals surface area contributed by atoms with Crippen LogP contribution in [-0.4, -0.2) is 112 Å². The second kappa shape index (κ2) is 17.3. The van der Waals surface area contributed by atoms with Crippen LogP contribution in [0.2, 0.25) is 0 Å². The lowest BCUT2D eigenvalue weighted by atomic mass is 10.1. The van der Waals surface area contributed by atoms with Crippen molar-refractivity contribution < 1.29 is 56.8 Å². The molecule has 20 heteroatoms. The molecule has 0 fully saturated rings. The number of halogens is 3. The van der Waals surface area contributed by atoms with Gasteiger partial charge in [0.2, 0.25) is 0 Å². The second-order valence-corrected chi connectivity index (χ2v) is 13.4. The van der Waals surface area contributed by atoms with Crippen LogP contribution < -0.4 is 31.6 Å². The molecular formula is C39H39F3N8O9. The number of nitrogens with one attached hydrogen (secondary N) is 2. The average molecular weight is 821 g/mol. The van der Waals surface area contributed by atoms with E-state index in [9.17, 15) is 42.6 Å². The van der Waals surface area contributed by atoms with Crippen molar-refractivity contribution in [3.63, 3.8) is 0 Å². The number of nitrogens with zero attached hydrogens (tertiary/aromatic N) is 4. The highest BCUT2D eigenvalue weighted by Crippen LogP contribution is 2.37. The van der Waals surface area contributed by atoms with Gasteiger partial charge in [0, 0.05) is 33.3 Å². The quantitative estimate of drug-likeness (QED) is 0.143. The predicted octanol–water partition coefficient (Wildman–Crippen LogP) is 0.901. The zero-order valence-electron chi connectivity index (χ0n) is 32.4. The summed E-state index contributed by atoms with van der Waals surface area (Å²) in [5, 5.41) is 24.7. The number of nitrogens with two attached hydrogens (primary N) is 2. The minimum atomic E-state index is -1.93. The van der Waals surface area contributed by atoms with Gasteiger partial charge >= 0.3 is 0 Å². The number of rotatable bonds is 7. The number of methoxy groups -OCH3 is 1. The van der Waals surface area contributed by atoms with Gasteiger partial charge in [-0.25, -0.2) is 23.1 Å². The van der Waals surface area contributed by atoms with Gasteiger partial charge in [-0.3, -0.25) is 19.2 Å². The molecule has 17 nitrogen and oxygen atoms in total. The van der Waals surface area contributed by atoms with Gasteiger partial charge in [-0.05, 0) is 26.0 Å². The molecular weight excluding hydrogens is 781 g/mol. The van der Waals surface area contributed by atoms with Gasteiger partial charge in [-0.1, -0.05) is 23.7 Å². The van der Waals surface area contributed by atoms with Crippen LogP contribution in [0, 0.1) is 35.3 Å². The Morgan fingerprint density at radius 2 is 1.20 bits per heavy atom. The summed E-state index contributed by atoms with van der Waals surface area (Å²) in [7, 11) is 4.23. The van der Waals surface area contributed by atoms with Crippen LogP contribution in [0.4, 0.5) is 13.2 Å². The third-order valence-corrected chi connectivity index (χ3v) is 8.67. The number of carbonyl (C=O) groups excluding carboxylic acids is 4. The number of aromatic nitrogens is 4. The first kappa shape index (κ1) is 43.3. The molecule has 2 atom stereocenters. The highest BCUT2D eigenvalue weighted by molar-refractivity contribution is 6.06. The van der Waals surface area contributed by atoms with Crippen molar-refractivity contribution in [3.05, 3.63) is 69.8 Å². The summed E-state index contributed by atoms with van der Waals surface area (Å²) in [4.78, 5) is 56.7. The number of primary amides is 2. The molecule has 0 saturated heterocycles. The van der Waals surface area contributed by atoms with E-state index in [1.807, 2.05) is 0 Å². The third kappa shape index (κ3) is 9.15. The average Bonchev–Trinajstić information content (AvgIpc) is 3.65. The van der Waals surface area contributed by atoms with Crippen molar-refractivity contribution in [2.75, 3.05) is 47.7 Å². The van der Waals surface area contributed by atoms with Crippen LogP contribution in [0.1, 0.15) is 66.9 Å². The van der Waals surface area contributed by atoms with E-state index in [1.165, 1.54) is 49.4 Å². The van der Waals surface area contributed by atoms with Gasteiger partial charge in [0.1, 0.15) is 71.7 Å². The number of alkyl halides is 1. The number of ether oxygens (including phenoxy) is 3. The predicted molar refractivity (Wildman–Crippen MR) is 203 cm³/mol. The number of imidazole rings is 2. The molecule has 0 radical (unpaired) electrons. The van der Waals surface area contributed by atoms with Crippen LogP contribution in [0.25, 0.3) is 22.8 Å². The number of amides is 4. The second-order valence-electron chi connectivity index (χ2n) is 13.4. The number of hydrogen-bond donors (Lipinski definition) is 6. The standard InChI is InChI=1S/C20H21FN4O5.C19H18F2N4O4/c1-20(28,10-29-3)5-4-11-8-12-14(9-13(11)21)30-7-6-25-16(19(27)23-2)15(17(22)26)24-18(12)25;1-19(28,9-20)4-3-10-7-11-13(8-12(10)21)29-6-5-25-15(18(27)23-2)14(16(22)26)24-17(11)25/h8-9,28H,6-7,10H2,1-3H3,(H2,22,26)(H,23,27);7-8,28H,5-6,9H2,1-2H3,(H2,22,26)(H,23,27). The van der Waals surface area contributed by atoms with Crippen LogP contribution in [0.15, 0.2) is 24.3 Å². The molecule has 8 N–H and O–H groups in total. The molecule has 2 aliphatic rings. The fourth-order valence-corrected chi connectivity index (χ4v) is 5.93. The summed E-state index contributed by atoms with van der Waals surface area (Å²) >= 11 is 0. The maximum Gasteiger partial charge on any atom is 0.270 e. The molecule has 2 aliphatic heterocycles. The number of carbonyl (C=O) groups is 4. The summed E-state index contributed by atoms with van der Waals surface area (Å²) in [5.74, 6) is 6.27. The molecule has 4 aromatic rings. The lowest BCUT2D eigenvalue weighted by Gasteiger charge is -2.14. The zero-order chi connectivity index (χ0) is 43.4. The SMILES string of the molecule is CNC(=O)c1c(C(N)=O)nc2n1CCOc1cc(F)c(C#CC(C)(O)CF)cc1-2.CNC(=O)c1c(C(N)=O)nc2n1CCOc1cc(F)c(C#CC(C)(O)COC)cc1-2. The Morgan fingerprint density at radius 1 is 0.797 bits per heavy atom. The Morgan fingerprint density at radius 3 is 1.56 bits per heavy atom. The third-order valence-electron chi connectivity index (χ3n) is 8.67. The molecule has 2 aromatic heterocycles. The minimum absolute atomic E-state index is 0.00330. The molecule has 2 unspecified atom stereocenters. The topological polar surface area (TPSA) is 248 Å². The van der Waals surface area contributed by atoms with Crippen LogP contribution in [0.3, 0.4) is 0 Å². The van der Waals surface area contributed by atoms with Crippen molar-refractivity contribution in [1.82, 2.24) is 29.7 Å². The van der Waals surface area contributed by atoms with Crippen molar-refractivity contribution in [1.29, 1.82) is 0 Å². The van der Waals surface area contributed by atoms with Gasteiger partial charge in [0.25, 0.3) is 23.6 Å². The summed E-state index contributed by atoms with van der Waals surface area (Å²) < 4.78 is 60.8. The van der Waals surface area contributed by atoms with E-state index < -0.39 is 53.1 Å². The molecule has 4 heterocycles. The summed E-state index contributed by atoms with van der Waals surface area (Å²) in [6.07, 6.45) is 0. The number of hydrogen-bond acceptors (Lipinski definition) is 11. The fourth-order valence-electron chi connectivity index (χ4n) is 5.93. The van der Waals surface area contributed by atoms with E-state index in [0.717, 1.165) is 19.1 Å². The van der Waals surface area contributed by atoms with E-state index in [1.54, 1.807) is 0 Å². The Balaban J connectivity index is 0.000000224. The number of aliphatic hydroxyl groups is 2. The van der Waals surface area contributed by atoms with Crippen LogP contribution in [0.5, 0.6) is 11.5 Å². The monoisotopic (exact) mass is 820 g/mol. The normalized spacial score (nSPS) is 14.2. The van der Waals surface area contributed by atoms with Gasteiger partial charge in [-0.2, -0.15) is 0 Å². The van der Waals surface area contributed by atoms with E-state index >= 15 is 0 Å². The lowest BCUT2D eigenvalue weighted by Crippen LogP contribution is -2.27. The number of fused-ring (bicyclic) bond motifs is 6. The molecule has 59 heavy (non-hydrogen) atoms. The molecule has 4 amide bonds. The van der Waals surface area contributed by atoms with Crippen LogP contribution >= 0.6 is 0 Å². The smallest absolute Gasteiger partial charge is 0.270 e. The van der Waals surface area contributed by atoms with Crippen molar-refractivity contribution in [3.8, 4) is 58.0 Å². The highest BCUT2D eigenvalue weighted by Gasteiger charge is 2.32. The maximum absolute atomic E-state index is 14.6. The first-order chi connectivity index (χ1) is 27.9. The molecule has 0 spiro atoms. The van der Waals surface area contributed by atoms with Crippen molar-refractivity contribution in [2.45, 2.75) is 38.1 Å². The van der Waals surface area contributed by atoms with Gasteiger partial charge < -0.3 is 55.7 Å². The van der Waals surface area contributed by atoms with Crippen molar-refractivity contribution >= 4 is 23.6 Å². The van der Waals surface area contributed by atoms with Crippen molar-refractivity contribution in [2.24, 2.45) is 11.5 Å². The van der Waals surface area contributed by atoms with Crippen LogP contribution in [-0.2, 0) is 17.8 Å². The van der Waals surface area contributed by atoms with E-state index in [2.05, 4.69) is 44.3 Å². The van der Waals surface area contributed by atoms with E-state index in [0.29, 0.717) is 5.56 Å². The van der Waals surface area contributed by atoms with E-state index in [4.69, 9.17) is 25.7 Å². The molecule has 0 aliphatic carbocycles. The number of benzene rings is 2. The van der Waals surface area contributed by atoms with Gasteiger partial charge in [0.05, 0.1) is 42.0 Å². The summed E-state index contributed by atoms with van der Waals surface area (Å²) in [6.45, 7) is 1.96. The highest BCUT2D eigenvalue weighted by atomic mass is 19.1. The van der Waals surface area contributed by atoms with E-state index in [-0.39, 0.29) is 95.5 Å². The van der Waals surface area contributed by atoms with Gasteiger partial charge in [0.15, 0.2) is 17.0 Å². The Kier molecular flexibility index (Phi) is 12.7. The maximum atomic E-state index is 14.6. The summed E-state index contributed by atoms with van der Waals surface area (Å²) in [6, 6.07) is 4.92. The first-order valence-corrected chi connectivity index (χ1v) is 17.6. The molecule has 6 rings (SSSR count). The molecule has 0 saturated carbocycles. The summed E-state index contributed by atoms with van der Waals surface area (Å²) in [5.41, 5.74) is 7.34. The zero-order valence-corrected chi connectivity index (χ0v) is 32.4.